The number of rotatable bonds is 6. The highest BCUT2D eigenvalue weighted by Crippen LogP contribution is 2.40. The maximum atomic E-state index is 13.3. The molecule has 0 heterocycles. The van der Waals surface area contributed by atoms with Crippen LogP contribution in [-0.2, 0) is 23.2 Å². The van der Waals surface area contributed by atoms with Gasteiger partial charge in [0.25, 0.3) is 0 Å². The van der Waals surface area contributed by atoms with E-state index in [2.05, 4.69) is 9.98 Å². The molecule has 0 atom stereocenters. The molecule has 0 fully saturated rings. The van der Waals surface area contributed by atoms with Gasteiger partial charge in [0.05, 0.1) is 11.1 Å². The topological polar surface area (TPSA) is 65.2 Å². The van der Waals surface area contributed by atoms with Gasteiger partial charge in [0.15, 0.2) is 0 Å². The van der Waals surface area contributed by atoms with Crippen molar-refractivity contribution in [2.24, 2.45) is 9.98 Å². The van der Waals surface area contributed by atoms with E-state index >= 15 is 0 Å². The summed E-state index contributed by atoms with van der Waals surface area (Å²) in [5.41, 5.74) is -3.09. The second-order valence-corrected chi connectivity index (χ2v) is 10.8. The zero-order chi connectivity index (χ0) is 28.4. The lowest BCUT2D eigenvalue weighted by atomic mass is 9.84. The van der Waals surface area contributed by atoms with Crippen molar-refractivity contribution in [3.05, 3.63) is 57.6 Å². The summed E-state index contributed by atoms with van der Waals surface area (Å²) in [5.74, 6) is -0.561. The van der Waals surface area contributed by atoms with Crippen molar-refractivity contribution in [2.45, 2.75) is 71.1 Å². The van der Waals surface area contributed by atoms with E-state index in [9.17, 15) is 36.6 Å². The number of benzene rings is 2. The maximum Gasteiger partial charge on any atom is 0.416 e. The Balaban J connectivity index is 2.16. The first kappa shape index (κ1) is 30.2. The summed E-state index contributed by atoms with van der Waals surface area (Å²) < 4.78 is 79.9. The van der Waals surface area contributed by atoms with Gasteiger partial charge < -0.3 is 10.2 Å². The molecule has 4 nitrogen and oxygen atoms in total. The Kier molecular flexibility index (Phi) is 8.77. The van der Waals surface area contributed by atoms with E-state index in [-0.39, 0.29) is 46.8 Å². The average molecular weight is 531 g/mol. The van der Waals surface area contributed by atoms with Crippen LogP contribution in [-0.4, -0.2) is 35.7 Å². The Labute approximate surface area is 212 Å². The third-order valence-corrected chi connectivity index (χ3v) is 5.58. The molecule has 37 heavy (non-hydrogen) atoms. The SMILES string of the molecule is CC(C)(C)c1cc(C(F)(F)F)cc(C=NCCCN=Cc2cc(C(F)(F)F)cc(C(C)(C)C)c2O)c1O. The minimum Gasteiger partial charge on any atom is -0.507 e. The number of nitrogens with zero attached hydrogens (tertiary/aromatic N) is 2. The fourth-order valence-electron chi connectivity index (χ4n) is 3.56. The molecular formula is C27H32F6N2O2. The molecule has 2 rings (SSSR count). The van der Waals surface area contributed by atoms with Gasteiger partial charge >= 0.3 is 12.4 Å². The van der Waals surface area contributed by atoms with E-state index < -0.39 is 34.3 Å². The number of phenolic OH excluding ortho intramolecular Hbond substituents is 2. The first-order chi connectivity index (χ1) is 16.7. The highest BCUT2D eigenvalue weighted by Gasteiger charge is 2.35. The Bertz CT molecular complexity index is 1080. The van der Waals surface area contributed by atoms with Crippen molar-refractivity contribution in [2.75, 3.05) is 13.1 Å². The van der Waals surface area contributed by atoms with Crippen LogP contribution in [0.3, 0.4) is 0 Å². The van der Waals surface area contributed by atoms with Gasteiger partial charge in [0.1, 0.15) is 11.5 Å². The first-order valence-electron chi connectivity index (χ1n) is 11.6. The number of hydrogen-bond donors (Lipinski definition) is 2. The van der Waals surface area contributed by atoms with Crippen LogP contribution in [0, 0.1) is 0 Å². The molecule has 0 aliphatic carbocycles. The minimum absolute atomic E-state index is 0.0631. The molecule has 2 aromatic carbocycles. The van der Waals surface area contributed by atoms with Gasteiger partial charge in [-0.15, -0.1) is 0 Å². The van der Waals surface area contributed by atoms with Gasteiger partial charge in [-0.1, -0.05) is 41.5 Å². The number of aromatic hydroxyl groups is 2. The Hall–Kier alpha value is -3.04. The molecule has 0 unspecified atom stereocenters. The second kappa shape index (κ2) is 10.8. The summed E-state index contributed by atoms with van der Waals surface area (Å²) in [7, 11) is 0. The van der Waals surface area contributed by atoms with Gasteiger partial charge in [-0.3, -0.25) is 9.98 Å². The normalized spacial score (nSPS) is 13.7. The van der Waals surface area contributed by atoms with Crippen LogP contribution < -0.4 is 0 Å². The smallest absolute Gasteiger partial charge is 0.416 e. The minimum atomic E-state index is -4.59. The van der Waals surface area contributed by atoms with Gasteiger partial charge in [-0.25, -0.2) is 0 Å². The van der Waals surface area contributed by atoms with Crippen molar-refractivity contribution in [3.8, 4) is 11.5 Å². The maximum absolute atomic E-state index is 13.3. The summed E-state index contributed by atoms with van der Waals surface area (Å²) in [4.78, 5) is 8.16. The van der Waals surface area contributed by atoms with Crippen LogP contribution in [0.5, 0.6) is 11.5 Å². The lowest BCUT2D eigenvalue weighted by molar-refractivity contribution is -0.138. The van der Waals surface area contributed by atoms with Crippen LogP contribution in [0.25, 0.3) is 0 Å². The van der Waals surface area contributed by atoms with Gasteiger partial charge in [0, 0.05) is 47.8 Å². The van der Waals surface area contributed by atoms with Gasteiger partial charge in [-0.2, -0.15) is 26.3 Å². The molecule has 2 aromatic rings. The van der Waals surface area contributed by atoms with E-state index in [4.69, 9.17) is 0 Å². The van der Waals surface area contributed by atoms with Crippen LogP contribution in [0.4, 0.5) is 26.3 Å². The second-order valence-electron chi connectivity index (χ2n) is 10.8. The summed E-state index contributed by atoms with van der Waals surface area (Å²) in [5, 5.41) is 21.0. The molecule has 0 spiro atoms. The number of phenols is 2. The van der Waals surface area contributed by atoms with Crippen molar-refractivity contribution in [3.63, 3.8) is 0 Å². The van der Waals surface area contributed by atoms with Crippen LogP contribution in [0.2, 0.25) is 0 Å². The zero-order valence-electron chi connectivity index (χ0n) is 21.6. The molecule has 2 N–H and O–H groups in total. The van der Waals surface area contributed by atoms with Crippen LogP contribution in [0.15, 0.2) is 34.3 Å². The first-order valence-corrected chi connectivity index (χ1v) is 11.6. The molecule has 0 aliphatic rings. The fraction of sp³-hybridized carbons (Fsp3) is 0.481. The molecule has 0 saturated heterocycles. The third-order valence-electron chi connectivity index (χ3n) is 5.58. The Morgan fingerprint density at radius 3 is 1.22 bits per heavy atom. The van der Waals surface area contributed by atoms with E-state index in [0.717, 1.165) is 36.7 Å². The molecule has 0 bridgehead atoms. The fourth-order valence-corrected chi connectivity index (χ4v) is 3.56. The molecule has 0 saturated carbocycles. The van der Waals surface area contributed by atoms with Crippen molar-refractivity contribution >= 4 is 12.4 Å². The van der Waals surface area contributed by atoms with Crippen molar-refractivity contribution in [1.82, 2.24) is 0 Å². The molecule has 204 valence electrons. The number of alkyl halides is 6. The zero-order valence-corrected chi connectivity index (χ0v) is 21.6. The van der Waals surface area contributed by atoms with Crippen molar-refractivity contribution in [1.29, 1.82) is 0 Å². The number of halogens is 6. The Morgan fingerprint density at radius 1 is 0.622 bits per heavy atom. The molecular weight excluding hydrogens is 498 g/mol. The molecule has 0 aliphatic heterocycles. The lowest BCUT2D eigenvalue weighted by Gasteiger charge is -2.23. The molecule has 0 amide bonds. The summed E-state index contributed by atoms with van der Waals surface area (Å²) in [6, 6.07) is 3.51. The van der Waals surface area contributed by atoms with Gasteiger partial charge in [-0.05, 0) is 41.5 Å². The van der Waals surface area contributed by atoms with E-state index in [1.54, 1.807) is 41.5 Å². The summed E-state index contributed by atoms with van der Waals surface area (Å²) in [6.45, 7) is 10.4. The third kappa shape index (κ3) is 7.97. The summed E-state index contributed by atoms with van der Waals surface area (Å²) >= 11 is 0. The standard InChI is InChI=1S/C27H32F6N2O2/c1-24(2,3)20-12-18(26(28,29)30)10-16(22(20)36)14-34-8-7-9-35-15-17-11-19(27(31,32)33)13-21(23(17)37)25(4,5)6/h10-15,36-37H,7-9H2,1-6H3. The average Bonchev–Trinajstić information content (AvgIpc) is 2.71. The van der Waals surface area contributed by atoms with E-state index in [1.807, 2.05) is 0 Å². The van der Waals surface area contributed by atoms with Gasteiger partial charge in [0.2, 0.25) is 0 Å². The monoisotopic (exact) mass is 530 g/mol. The predicted octanol–water partition coefficient (Wildman–Crippen LogP) is 7.66. The highest BCUT2D eigenvalue weighted by atomic mass is 19.4. The molecule has 0 aromatic heterocycles. The van der Waals surface area contributed by atoms with E-state index in [1.165, 1.54) is 0 Å². The predicted molar refractivity (Wildman–Crippen MR) is 133 cm³/mol. The van der Waals surface area contributed by atoms with E-state index in [0.29, 0.717) is 6.42 Å². The largest absolute Gasteiger partial charge is 0.507 e. The lowest BCUT2D eigenvalue weighted by Crippen LogP contribution is -2.15. The number of hydrogen-bond acceptors (Lipinski definition) is 4. The number of aliphatic imine (C=N–C) groups is 2. The highest BCUT2D eigenvalue weighted by molar-refractivity contribution is 5.85. The van der Waals surface area contributed by atoms with Crippen molar-refractivity contribution < 1.29 is 36.6 Å². The summed E-state index contributed by atoms with van der Waals surface area (Å²) in [6.07, 6.45) is -6.51. The van der Waals surface area contributed by atoms with Crippen LogP contribution in [0.1, 0.15) is 81.3 Å². The Morgan fingerprint density at radius 2 is 0.946 bits per heavy atom. The molecule has 0 radical (unpaired) electrons. The van der Waals surface area contributed by atoms with Crippen LogP contribution >= 0.6 is 0 Å². The molecule has 10 heteroatoms. The quantitative estimate of drug-likeness (QED) is 0.229.